The highest BCUT2D eigenvalue weighted by Gasteiger charge is 2.35. The van der Waals surface area contributed by atoms with E-state index in [1.807, 2.05) is 17.0 Å². The second-order valence-electron chi connectivity index (χ2n) is 5.51. The molecule has 0 bridgehead atoms. The largest absolute Gasteiger partial charge is 0.331 e. The normalized spacial score (nSPS) is 19.9. The zero-order valence-corrected chi connectivity index (χ0v) is 11.2. The molecule has 0 unspecified atom stereocenters. The molecule has 1 aliphatic carbocycles. The van der Waals surface area contributed by atoms with E-state index in [0.717, 1.165) is 44.7 Å². The molecular weight excluding hydrogens is 258 g/mol. The number of quaternary nitrogens is 1. The van der Waals surface area contributed by atoms with Gasteiger partial charge in [-0.3, -0.25) is 19.8 Å². The van der Waals surface area contributed by atoms with Crippen molar-refractivity contribution < 1.29 is 14.6 Å². The molecule has 6 heteroatoms. The second kappa shape index (κ2) is 5.20. The van der Waals surface area contributed by atoms with E-state index >= 15 is 0 Å². The summed E-state index contributed by atoms with van der Waals surface area (Å²) in [6.45, 7) is 3.30. The van der Waals surface area contributed by atoms with Crippen molar-refractivity contribution in [3.05, 3.63) is 34.4 Å². The highest BCUT2D eigenvalue weighted by molar-refractivity contribution is 5.81. The minimum atomic E-state index is -0.384. The minimum absolute atomic E-state index is 0.121. The Kier molecular flexibility index (Phi) is 3.40. The highest BCUT2D eigenvalue weighted by Crippen LogP contribution is 2.30. The number of benzene rings is 1. The van der Waals surface area contributed by atoms with E-state index in [2.05, 4.69) is 0 Å². The predicted molar refractivity (Wildman–Crippen MR) is 72.8 cm³/mol. The van der Waals surface area contributed by atoms with Gasteiger partial charge in [0.25, 0.3) is 5.69 Å². The number of hydrogen-bond donors (Lipinski definition) is 1. The van der Waals surface area contributed by atoms with Gasteiger partial charge in [-0.05, 0) is 12.8 Å². The molecule has 0 atom stereocenters. The maximum Gasteiger partial charge on any atom is 0.269 e. The van der Waals surface area contributed by atoms with Crippen LogP contribution >= 0.6 is 0 Å². The topological polar surface area (TPSA) is 67.9 Å². The summed E-state index contributed by atoms with van der Waals surface area (Å²) < 4.78 is 0. The molecule has 1 saturated heterocycles. The lowest BCUT2D eigenvalue weighted by molar-refractivity contribution is -0.837. The van der Waals surface area contributed by atoms with E-state index < -0.39 is 0 Å². The maximum absolute atomic E-state index is 12.0. The van der Waals surface area contributed by atoms with Crippen LogP contribution in [-0.4, -0.2) is 41.9 Å². The van der Waals surface area contributed by atoms with Crippen LogP contribution in [0.4, 0.5) is 11.4 Å². The Balaban J connectivity index is 1.59. The lowest BCUT2D eigenvalue weighted by Gasteiger charge is -2.32. The number of carbonyl (C=O) groups is 1. The Morgan fingerprint density at radius 3 is 2.30 bits per heavy atom. The van der Waals surface area contributed by atoms with Crippen LogP contribution in [0.2, 0.25) is 0 Å². The second-order valence-corrected chi connectivity index (χ2v) is 5.51. The Hall–Kier alpha value is -1.95. The van der Waals surface area contributed by atoms with Crippen molar-refractivity contribution in [3.63, 3.8) is 0 Å². The third kappa shape index (κ3) is 2.65. The molecule has 20 heavy (non-hydrogen) atoms. The third-order valence-electron chi connectivity index (χ3n) is 4.09. The molecule has 2 fully saturated rings. The lowest BCUT2D eigenvalue weighted by Crippen LogP contribution is -3.10. The first-order valence-corrected chi connectivity index (χ1v) is 7.03. The SMILES string of the molecule is O=C(C1CC1)N1CC[NH+](c2ccc([N+](=O)[O-])cc2)CC1. The van der Waals surface area contributed by atoms with Gasteiger partial charge in [-0.1, -0.05) is 0 Å². The van der Waals surface area contributed by atoms with Gasteiger partial charge < -0.3 is 4.90 Å². The van der Waals surface area contributed by atoms with Crippen molar-refractivity contribution in [2.45, 2.75) is 12.8 Å². The molecule has 3 rings (SSSR count). The van der Waals surface area contributed by atoms with Gasteiger partial charge in [-0.2, -0.15) is 0 Å². The number of carbonyl (C=O) groups excluding carboxylic acids is 1. The molecule has 1 heterocycles. The molecular formula is C14H18N3O3+. The number of rotatable bonds is 3. The van der Waals surface area contributed by atoms with E-state index in [0.29, 0.717) is 5.91 Å². The van der Waals surface area contributed by atoms with Crippen molar-refractivity contribution in [3.8, 4) is 0 Å². The van der Waals surface area contributed by atoms with Crippen molar-refractivity contribution in [2.24, 2.45) is 5.92 Å². The zero-order valence-electron chi connectivity index (χ0n) is 11.2. The average molecular weight is 276 g/mol. The minimum Gasteiger partial charge on any atom is -0.331 e. The number of piperazine rings is 1. The first-order chi connectivity index (χ1) is 9.65. The highest BCUT2D eigenvalue weighted by atomic mass is 16.6. The van der Waals surface area contributed by atoms with Crippen LogP contribution in [0.25, 0.3) is 0 Å². The van der Waals surface area contributed by atoms with E-state index in [4.69, 9.17) is 0 Å². The third-order valence-corrected chi connectivity index (χ3v) is 4.09. The number of nitro benzene ring substituents is 1. The van der Waals surface area contributed by atoms with Crippen LogP contribution in [0.1, 0.15) is 12.8 Å². The Morgan fingerprint density at radius 2 is 1.80 bits per heavy atom. The van der Waals surface area contributed by atoms with Gasteiger partial charge in [-0.15, -0.1) is 0 Å². The van der Waals surface area contributed by atoms with Crippen LogP contribution in [0.3, 0.4) is 0 Å². The van der Waals surface area contributed by atoms with Crippen LogP contribution in [0, 0.1) is 16.0 Å². The zero-order chi connectivity index (χ0) is 14.1. The summed E-state index contributed by atoms with van der Waals surface area (Å²) in [7, 11) is 0. The van der Waals surface area contributed by atoms with E-state index in [-0.39, 0.29) is 16.5 Å². The van der Waals surface area contributed by atoms with Gasteiger partial charge in [-0.25, -0.2) is 0 Å². The summed E-state index contributed by atoms with van der Waals surface area (Å²) >= 11 is 0. The number of nitrogens with one attached hydrogen (secondary N) is 1. The molecule has 0 aromatic heterocycles. The maximum atomic E-state index is 12.0. The van der Waals surface area contributed by atoms with Crippen LogP contribution < -0.4 is 4.90 Å². The monoisotopic (exact) mass is 276 g/mol. The molecule has 1 amide bonds. The fourth-order valence-corrected chi connectivity index (χ4v) is 2.69. The summed E-state index contributed by atoms with van der Waals surface area (Å²) in [5.74, 6) is 0.601. The van der Waals surface area contributed by atoms with E-state index in [1.54, 1.807) is 12.1 Å². The first kappa shape index (κ1) is 13.1. The van der Waals surface area contributed by atoms with Gasteiger partial charge >= 0.3 is 0 Å². The summed E-state index contributed by atoms with van der Waals surface area (Å²) in [5.41, 5.74) is 1.19. The Morgan fingerprint density at radius 1 is 1.20 bits per heavy atom. The van der Waals surface area contributed by atoms with Gasteiger partial charge in [0.05, 0.1) is 31.1 Å². The van der Waals surface area contributed by atoms with Crippen LogP contribution in [-0.2, 0) is 4.79 Å². The van der Waals surface area contributed by atoms with Crippen LogP contribution in [0.5, 0.6) is 0 Å². The van der Waals surface area contributed by atoms with E-state index in [1.165, 1.54) is 4.90 Å². The van der Waals surface area contributed by atoms with Crippen molar-refractivity contribution >= 4 is 17.3 Å². The number of non-ortho nitro benzene ring substituents is 1. The molecule has 6 nitrogen and oxygen atoms in total. The first-order valence-electron chi connectivity index (χ1n) is 7.03. The fraction of sp³-hybridized carbons (Fsp3) is 0.500. The molecule has 1 saturated carbocycles. The number of nitro groups is 1. The van der Waals surface area contributed by atoms with Gasteiger partial charge in [0.15, 0.2) is 0 Å². The van der Waals surface area contributed by atoms with Gasteiger partial charge in [0.1, 0.15) is 5.69 Å². The van der Waals surface area contributed by atoms with Crippen molar-refractivity contribution in [1.82, 2.24) is 4.90 Å². The molecule has 1 aromatic carbocycles. The Labute approximate surface area is 117 Å². The number of nitrogens with zero attached hydrogens (tertiary/aromatic N) is 2. The molecule has 1 aliphatic heterocycles. The molecule has 1 N–H and O–H groups in total. The molecule has 2 aliphatic rings. The summed E-state index contributed by atoms with van der Waals surface area (Å²) in [4.78, 5) is 25.5. The van der Waals surface area contributed by atoms with Crippen molar-refractivity contribution in [1.29, 1.82) is 0 Å². The fourth-order valence-electron chi connectivity index (χ4n) is 2.69. The molecule has 0 radical (unpaired) electrons. The number of amides is 1. The number of hydrogen-bond acceptors (Lipinski definition) is 3. The molecule has 106 valence electrons. The summed E-state index contributed by atoms with van der Waals surface area (Å²) in [6.07, 6.45) is 2.10. The lowest BCUT2D eigenvalue weighted by atomic mass is 10.2. The molecule has 0 spiro atoms. The quantitative estimate of drug-likeness (QED) is 0.640. The van der Waals surface area contributed by atoms with Crippen molar-refractivity contribution in [2.75, 3.05) is 26.2 Å². The predicted octanol–water partition coefficient (Wildman–Crippen LogP) is 0.363. The van der Waals surface area contributed by atoms with Crippen LogP contribution in [0.15, 0.2) is 24.3 Å². The Bertz CT molecular complexity index is 517. The van der Waals surface area contributed by atoms with Gasteiger partial charge in [0.2, 0.25) is 5.91 Å². The molecule has 1 aromatic rings. The van der Waals surface area contributed by atoms with Gasteiger partial charge in [0, 0.05) is 30.2 Å². The van der Waals surface area contributed by atoms with E-state index in [9.17, 15) is 14.9 Å². The smallest absolute Gasteiger partial charge is 0.269 e. The standard InChI is InChI=1S/C14H17N3O3/c18-14(11-1-2-11)16-9-7-15(8-10-16)12-3-5-13(6-4-12)17(19)20/h3-6,11H,1-2,7-10H2/p+1. The summed E-state index contributed by atoms with van der Waals surface area (Å²) in [6, 6.07) is 6.71. The summed E-state index contributed by atoms with van der Waals surface area (Å²) in [5, 5.41) is 10.6. The average Bonchev–Trinajstić information content (AvgIpc) is 3.31.